The average molecular weight is 369 g/mol. The summed E-state index contributed by atoms with van der Waals surface area (Å²) >= 11 is 1.50. The van der Waals surface area contributed by atoms with Gasteiger partial charge in [-0.05, 0) is 56.1 Å². The molecular weight excluding hydrogens is 350 g/mol. The molecule has 134 valence electrons. The molecule has 0 radical (unpaired) electrons. The molecule has 2 aromatic heterocycles. The van der Waals surface area contributed by atoms with E-state index in [1.807, 2.05) is 18.2 Å². The fraction of sp³-hybridized carbons (Fsp3) is 0.316. The maximum atomic E-state index is 12.6. The lowest BCUT2D eigenvalue weighted by molar-refractivity contribution is 0.102. The van der Waals surface area contributed by atoms with Crippen LogP contribution in [0.4, 0.5) is 5.69 Å². The summed E-state index contributed by atoms with van der Waals surface area (Å²) in [5.41, 5.74) is 3.38. The SMILES string of the molecule is Cc1cc(C2CCCNC2)oc(=O)c1C(=O)Nc1ccc2ncsc2c1. The van der Waals surface area contributed by atoms with Crippen molar-refractivity contribution in [2.45, 2.75) is 25.7 Å². The molecule has 6 nitrogen and oxygen atoms in total. The Labute approximate surface area is 154 Å². The quantitative estimate of drug-likeness (QED) is 0.740. The summed E-state index contributed by atoms with van der Waals surface area (Å²) in [6.07, 6.45) is 2.03. The molecule has 0 saturated carbocycles. The van der Waals surface area contributed by atoms with Crippen LogP contribution in [0, 0.1) is 6.92 Å². The van der Waals surface area contributed by atoms with Crippen LogP contribution in [0.3, 0.4) is 0 Å². The topological polar surface area (TPSA) is 84.2 Å². The zero-order valence-electron chi connectivity index (χ0n) is 14.4. The van der Waals surface area contributed by atoms with Crippen molar-refractivity contribution in [3.8, 4) is 0 Å². The zero-order valence-corrected chi connectivity index (χ0v) is 15.2. The van der Waals surface area contributed by atoms with Crippen molar-refractivity contribution in [3.05, 3.63) is 57.1 Å². The third kappa shape index (κ3) is 3.27. The first kappa shape index (κ1) is 16.9. The van der Waals surface area contributed by atoms with Crippen LogP contribution in [-0.2, 0) is 0 Å². The van der Waals surface area contributed by atoms with E-state index in [1.54, 1.807) is 18.5 Å². The zero-order chi connectivity index (χ0) is 18.1. The van der Waals surface area contributed by atoms with Crippen LogP contribution in [0.5, 0.6) is 0 Å². The van der Waals surface area contributed by atoms with E-state index in [9.17, 15) is 9.59 Å². The average Bonchev–Trinajstić information content (AvgIpc) is 3.09. The molecule has 4 rings (SSSR count). The van der Waals surface area contributed by atoms with Crippen molar-refractivity contribution in [3.63, 3.8) is 0 Å². The molecule has 1 aromatic carbocycles. The summed E-state index contributed by atoms with van der Waals surface area (Å²) in [6.45, 7) is 3.56. The van der Waals surface area contributed by atoms with E-state index >= 15 is 0 Å². The van der Waals surface area contributed by atoms with Gasteiger partial charge >= 0.3 is 5.63 Å². The lowest BCUT2D eigenvalue weighted by Crippen LogP contribution is -2.30. The minimum Gasteiger partial charge on any atom is -0.427 e. The number of fused-ring (bicyclic) bond motifs is 1. The highest BCUT2D eigenvalue weighted by atomic mass is 32.1. The largest absolute Gasteiger partial charge is 0.427 e. The third-order valence-corrected chi connectivity index (χ3v) is 5.47. The van der Waals surface area contributed by atoms with Gasteiger partial charge in [0.2, 0.25) is 0 Å². The highest BCUT2D eigenvalue weighted by Gasteiger charge is 2.22. The number of carbonyl (C=O) groups excluding carboxylic acids is 1. The molecule has 3 aromatic rings. The molecule has 1 unspecified atom stereocenters. The molecule has 2 N–H and O–H groups in total. The van der Waals surface area contributed by atoms with Crippen LogP contribution in [-0.4, -0.2) is 24.0 Å². The van der Waals surface area contributed by atoms with Crippen molar-refractivity contribution >= 4 is 33.1 Å². The van der Waals surface area contributed by atoms with Gasteiger partial charge in [-0.2, -0.15) is 0 Å². The van der Waals surface area contributed by atoms with Gasteiger partial charge in [0.25, 0.3) is 5.91 Å². The van der Waals surface area contributed by atoms with E-state index < -0.39 is 11.5 Å². The molecule has 1 aliphatic rings. The molecule has 1 amide bonds. The molecule has 1 atom stereocenters. The first-order chi connectivity index (χ1) is 12.6. The van der Waals surface area contributed by atoms with Crippen LogP contribution in [0.25, 0.3) is 10.2 Å². The van der Waals surface area contributed by atoms with Gasteiger partial charge < -0.3 is 15.1 Å². The van der Waals surface area contributed by atoms with Gasteiger partial charge in [0.15, 0.2) is 0 Å². The molecule has 7 heteroatoms. The lowest BCUT2D eigenvalue weighted by atomic mass is 9.95. The summed E-state index contributed by atoms with van der Waals surface area (Å²) in [4.78, 5) is 29.3. The summed E-state index contributed by atoms with van der Waals surface area (Å²) in [6, 6.07) is 7.29. The molecule has 1 saturated heterocycles. The number of aromatic nitrogens is 1. The van der Waals surface area contributed by atoms with Crippen molar-refractivity contribution in [2.75, 3.05) is 18.4 Å². The van der Waals surface area contributed by atoms with Crippen molar-refractivity contribution < 1.29 is 9.21 Å². The van der Waals surface area contributed by atoms with Gasteiger partial charge in [0, 0.05) is 18.2 Å². The van der Waals surface area contributed by atoms with Gasteiger partial charge in [-0.25, -0.2) is 9.78 Å². The minimum atomic E-state index is -0.582. The molecular formula is C19H19N3O3S. The Morgan fingerprint density at radius 3 is 3.04 bits per heavy atom. The number of benzene rings is 1. The lowest BCUT2D eigenvalue weighted by Gasteiger charge is -2.22. The highest BCUT2D eigenvalue weighted by molar-refractivity contribution is 7.16. The number of aryl methyl sites for hydroxylation is 1. The number of nitrogens with one attached hydrogen (secondary N) is 2. The Morgan fingerprint density at radius 2 is 2.27 bits per heavy atom. The predicted molar refractivity (Wildman–Crippen MR) is 102 cm³/mol. The van der Waals surface area contributed by atoms with E-state index in [0.717, 1.165) is 36.1 Å². The second-order valence-electron chi connectivity index (χ2n) is 6.53. The predicted octanol–water partition coefficient (Wildman–Crippen LogP) is 3.28. The van der Waals surface area contributed by atoms with Crippen LogP contribution >= 0.6 is 11.3 Å². The number of hydrogen-bond donors (Lipinski definition) is 2. The molecule has 26 heavy (non-hydrogen) atoms. The van der Waals surface area contributed by atoms with Crippen molar-refractivity contribution in [2.24, 2.45) is 0 Å². The minimum absolute atomic E-state index is 0.0573. The molecule has 1 aliphatic heterocycles. The molecule has 3 heterocycles. The van der Waals surface area contributed by atoms with Gasteiger partial charge in [-0.3, -0.25) is 4.79 Å². The van der Waals surface area contributed by atoms with Crippen molar-refractivity contribution in [1.29, 1.82) is 0 Å². The number of hydrogen-bond acceptors (Lipinski definition) is 6. The number of piperidine rings is 1. The normalized spacial score (nSPS) is 17.3. The maximum Gasteiger partial charge on any atom is 0.349 e. The summed E-state index contributed by atoms with van der Waals surface area (Å²) in [5.74, 6) is 0.386. The van der Waals surface area contributed by atoms with E-state index in [2.05, 4.69) is 15.6 Å². The number of nitrogens with zero attached hydrogens (tertiary/aromatic N) is 1. The Hall–Kier alpha value is -2.51. The summed E-state index contributed by atoms with van der Waals surface area (Å²) in [7, 11) is 0. The standard InChI is InChI=1S/C19H19N3O3S/c1-11-7-15(12-3-2-6-20-9-12)25-19(24)17(11)18(23)22-13-4-5-14-16(8-13)26-10-21-14/h4-5,7-8,10,12,20H,2-3,6,9H2,1H3,(H,22,23). The highest BCUT2D eigenvalue weighted by Crippen LogP contribution is 2.25. The number of carbonyl (C=O) groups is 1. The second-order valence-corrected chi connectivity index (χ2v) is 7.41. The molecule has 0 bridgehead atoms. The Kier molecular flexibility index (Phi) is 4.57. The van der Waals surface area contributed by atoms with Gasteiger partial charge in [-0.1, -0.05) is 0 Å². The van der Waals surface area contributed by atoms with E-state index in [-0.39, 0.29) is 11.5 Å². The monoisotopic (exact) mass is 369 g/mol. The number of rotatable bonds is 3. The van der Waals surface area contributed by atoms with E-state index in [4.69, 9.17) is 4.42 Å². The second kappa shape index (κ2) is 7.01. The molecule has 1 fully saturated rings. The van der Waals surface area contributed by atoms with Gasteiger partial charge in [-0.15, -0.1) is 11.3 Å². The van der Waals surface area contributed by atoms with Crippen LogP contribution < -0.4 is 16.3 Å². The van der Waals surface area contributed by atoms with E-state index in [0.29, 0.717) is 17.0 Å². The number of thiazole rings is 1. The smallest absolute Gasteiger partial charge is 0.349 e. The number of amides is 1. The summed E-state index contributed by atoms with van der Waals surface area (Å²) in [5, 5.41) is 6.10. The number of anilines is 1. The van der Waals surface area contributed by atoms with Crippen molar-refractivity contribution in [1.82, 2.24) is 10.3 Å². The van der Waals surface area contributed by atoms with E-state index in [1.165, 1.54) is 11.3 Å². The van der Waals surface area contributed by atoms with Gasteiger partial charge in [0.1, 0.15) is 11.3 Å². The first-order valence-electron chi connectivity index (χ1n) is 8.62. The fourth-order valence-electron chi connectivity index (χ4n) is 3.33. The first-order valence-corrected chi connectivity index (χ1v) is 9.50. The van der Waals surface area contributed by atoms with Crippen LogP contribution in [0.2, 0.25) is 0 Å². The van der Waals surface area contributed by atoms with Crippen LogP contribution in [0.1, 0.15) is 40.4 Å². The Morgan fingerprint density at radius 1 is 1.38 bits per heavy atom. The molecule has 0 aliphatic carbocycles. The Balaban J connectivity index is 1.59. The van der Waals surface area contributed by atoms with Crippen LogP contribution in [0.15, 0.2) is 39.0 Å². The fourth-order valence-corrected chi connectivity index (χ4v) is 4.04. The molecule has 0 spiro atoms. The summed E-state index contributed by atoms with van der Waals surface area (Å²) < 4.78 is 6.46. The third-order valence-electron chi connectivity index (χ3n) is 4.68. The Bertz CT molecular complexity index is 1020. The maximum absolute atomic E-state index is 12.6. The van der Waals surface area contributed by atoms with Gasteiger partial charge in [0.05, 0.1) is 15.7 Å².